The van der Waals surface area contributed by atoms with Gasteiger partial charge < -0.3 is 14.8 Å². The van der Waals surface area contributed by atoms with E-state index in [1.807, 2.05) is 12.1 Å². The number of methoxy groups -OCH3 is 1. The highest BCUT2D eigenvalue weighted by atomic mass is 16.5. The number of ether oxygens (including phenoxy) is 2. The minimum Gasteiger partial charge on any atom is -0.497 e. The number of benzene rings is 1. The number of hydrogen-bond acceptors (Lipinski definition) is 4. The van der Waals surface area contributed by atoms with E-state index in [1.54, 1.807) is 7.11 Å². The van der Waals surface area contributed by atoms with Crippen LogP contribution in [-0.2, 0) is 4.74 Å². The van der Waals surface area contributed by atoms with E-state index in [-0.39, 0.29) is 6.10 Å². The molecule has 1 saturated heterocycles. The Bertz CT molecular complexity index is 411. The molecule has 0 aliphatic carbocycles. The lowest BCUT2D eigenvalue weighted by atomic mass is 10.1. The van der Waals surface area contributed by atoms with E-state index in [4.69, 9.17) is 9.47 Å². The second kappa shape index (κ2) is 7.62. The van der Waals surface area contributed by atoms with Gasteiger partial charge in [-0.15, -0.1) is 0 Å². The molecule has 2 atom stereocenters. The third-order valence-corrected chi connectivity index (χ3v) is 3.92. The van der Waals surface area contributed by atoms with Crippen LogP contribution in [-0.4, -0.2) is 50.9 Å². The molecule has 0 saturated carbocycles. The monoisotopic (exact) mass is 278 g/mol. The number of nitrogens with zero attached hydrogens (tertiary/aromatic N) is 1. The molecular weight excluding hydrogens is 252 g/mol. The van der Waals surface area contributed by atoms with Gasteiger partial charge in [0, 0.05) is 25.7 Å². The van der Waals surface area contributed by atoms with Gasteiger partial charge in [-0.25, -0.2) is 0 Å². The maximum atomic E-state index is 5.81. The smallest absolute Gasteiger partial charge is 0.119 e. The summed E-state index contributed by atoms with van der Waals surface area (Å²) in [5.41, 5.74) is 1.24. The first-order chi connectivity index (χ1) is 9.72. The Hall–Kier alpha value is -1.10. The molecule has 4 heteroatoms. The van der Waals surface area contributed by atoms with E-state index >= 15 is 0 Å². The number of hydrogen-bond donors (Lipinski definition) is 1. The zero-order chi connectivity index (χ0) is 14.4. The van der Waals surface area contributed by atoms with Crippen molar-refractivity contribution in [2.75, 3.05) is 39.9 Å². The maximum Gasteiger partial charge on any atom is 0.119 e. The molecule has 1 heterocycles. The van der Waals surface area contributed by atoms with Crippen LogP contribution in [0.15, 0.2) is 24.3 Å². The van der Waals surface area contributed by atoms with Crippen LogP contribution < -0.4 is 10.1 Å². The molecule has 0 radical (unpaired) electrons. The van der Waals surface area contributed by atoms with Crippen LogP contribution >= 0.6 is 0 Å². The Balaban J connectivity index is 1.83. The average molecular weight is 278 g/mol. The summed E-state index contributed by atoms with van der Waals surface area (Å²) < 4.78 is 11.1. The fraction of sp³-hybridized carbons (Fsp3) is 0.625. The molecule has 1 aromatic rings. The molecule has 1 N–H and O–H groups in total. The van der Waals surface area contributed by atoms with Crippen LogP contribution in [0.1, 0.15) is 25.5 Å². The Labute approximate surface area is 122 Å². The van der Waals surface area contributed by atoms with E-state index < -0.39 is 0 Å². The summed E-state index contributed by atoms with van der Waals surface area (Å²) in [5, 5.41) is 3.56. The van der Waals surface area contributed by atoms with E-state index in [2.05, 4.69) is 36.2 Å². The van der Waals surface area contributed by atoms with Gasteiger partial charge in [0.1, 0.15) is 5.75 Å². The third-order valence-electron chi connectivity index (χ3n) is 3.92. The van der Waals surface area contributed by atoms with Crippen molar-refractivity contribution < 1.29 is 9.47 Å². The number of rotatable bonds is 6. The van der Waals surface area contributed by atoms with Gasteiger partial charge in [-0.3, -0.25) is 4.90 Å². The summed E-state index contributed by atoms with van der Waals surface area (Å²) in [7, 11) is 1.70. The largest absolute Gasteiger partial charge is 0.497 e. The van der Waals surface area contributed by atoms with Gasteiger partial charge in [0.15, 0.2) is 0 Å². The fourth-order valence-corrected chi connectivity index (χ4v) is 2.53. The van der Waals surface area contributed by atoms with Crippen LogP contribution in [0.25, 0.3) is 0 Å². The first-order valence-corrected chi connectivity index (χ1v) is 7.44. The van der Waals surface area contributed by atoms with Crippen LogP contribution in [0.3, 0.4) is 0 Å². The Morgan fingerprint density at radius 3 is 3.10 bits per heavy atom. The normalized spacial score (nSPS) is 21.6. The van der Waals surface area contributed by atoms with Crippen molar-refractivity contribution in [1.29, 1.82) is 0 Å². The fourth-order valence-electron chi connectivity index (χ4n) is 2.53. The van der Waals surface area contributed by atoms with Crippen LogP contribution in [0, 0.1) is 0 Å². The van der Waals surface area contributed by atoms with Crippen molar-refractivity contribution in [1.82, 2.24) is 10.2 Å². The first kappa shape index (κ1) is 15.3. The molecule has 20 heavy (non-hydrogen) atoms. The second-order valence-electron chi connectivity index (χ2n) is 5.29. The lowest BCUT2D eigenvalue weighted by Gasteiger charge is -2.32. The number of morpholine rings is 1. The van der Waals surface area contributed by atoms with Crippen LogP contribution in [0.5, 0.6) is 5.75 Å². The number of likely N-dealkylation sites (N-methyl/N-ethyl adjacent to an activating group) is 1. The number of nitrogens with one attached hydrogen (secondary N) is 1. The van der Waals surface area contributed by atoms with Crippen molar-refractivity contribution in [2.45, 2.75) is 26.0 Å². The van der Waals surface area contributed by atoms with Crippen molar-refractivity contribution in [3.8, 4) is 5.75 Å². The average Bonchev–Trinajstić information content (AvgIpc) is 2.52. The zero-order valence-corrected chi connectivity index (χ0v) is 12.8. The second-order valence-corrected chi connectivity index (χ2v) is 5.29. The molecule has 4 nitrogen and oxygen atoms in total. The van der Waals surface area contributed by atoms with E-state index in [0.717, 1.165) is 38.5 Å². The Kier molecular flexibility index (Phi) is 5.83. The minimum absolute atomic E-state index is 0.289. The summed E-state index contributed by atoms with van der Waals surface area (Å²) in [6.45, 7) is 9.28. The standard InChI is InChI=1S/C16H26N2O2/c1-4-18-8-9-20-16(12-18)11-17-13(2)14-6-5-7-15(10-14)19-3/h5-7,10,13,16-17H,4,8-9,11-12H2,1-3H3/t13-,16?/m1/s1. The van der Waals surface area contributed by atoms with E-state index in [0.29, 0.717) is 6.04 Å². The van der Waals surface area contributed by atoms with E-state index in [9.17, 15) is 0 Å². The quantitative estimate of drug-likeness (QED) is 0.863. The summed E-state index contributed by atoms with van der Waals surface area (Å²) in [5.74, 6) is 0.905. The van der Waals surface area contributed by atoms with Gasteiger partial charge in [0.2, 0.25) is 0 Å². The molecule has 2 rings (SSSR count). The summed E-state index contributed by atoms with van der Waals surface area (Å²) >= 11 is 0. The highest BCUT2D eigenvalue weighted by Gasteiger charge is 2.19. The van der Waals surface area contributed by atoms with E-state index in [1.165, 1.54) is 5.56 Å². The highest BCUT2D eigenvalue weighted by Crippen LogP contribution is 2.18. The van der Waals surface area contributed by atoms with Gasteiger partial charge in [-0.05, 0) is 31.2 Å². The molecule has 0 bridgehead atoms. The highest BCUT2D eigenvalue weighted by molar-refractivity contribution is 5.30. The lowest BCUT2D eigenvalue weighted by molar-refractivity contribution is -0.0262. The zero-order valence-electron chi connectivity index (χ0n) is 12.8. The van der Waals surface area contributed by atoms with Crippen LogP contribution in [0.4, 0.5) is 0 Å². The molecule has 1 aromatic carbocycles. The van der Waals surface area contributed by atoms with Crippen molar-refractivity contribution in [3.05, 3.63) is 29.8 Å². The van der Waals surface area contributed by atoms with Gasteiger partial charge in [-0.1, -0.05) is 19.1 Å². The predicted octanol–water partition coefficient (Wildman–Crippen LogP) is 2.07. The van der Waals surface area contributed by atoms with Crippen molar-refractivity contribution in [3.63, 3.8) is 0 Å². The molecule has 1 fully saturated rings. The predicted molar refractivity (Wildman–Crippen MR) is 81.3 cm³/mol. The van der Waals surface area contributed by atoms with Gasteiger partial charge >= 0.3 is 0 Å². The van der Waals surface area contributed by atoms with Gasteiger partial charge in [0.25, 0.3) is 0 Å². The van der Waals surface area contributed by atoms with Gasteiger partial charge in [0.05, 0.1) is 19.8 Å². The summed E-state index contributed by atoms with van der Waals surface area (Å²) in [4.78, 5) is 2.44. The summed E-state index contributed by atoms with van der Waals surface area (Å²) in [6, 6.07) is 8.51. The van der Waals surface area contributed by atoms with Crippen molar-refractivity contribution in [2.24, 2.45) is 0 Å². The molecule has 1 unspecified atom stereocenters. The maximum absolute atomic E-state index is 5.81. The molecule has 1 aliphatic heterocycles. The molecule has 112 valence electrons. The minimum atomic E-state index is 0.289. The molecule has 1 aliphatic rings. The van der Waals surface area contributed by atoms with Gasteiger partial charge in [-0.2, -0.15) is 0 Å². The summed E-state index contributed by atoms with van der Waals surface area (Å²) in [6.07, 6.45) is 0.289. The Morgan fingerprint density at radius 1 is 1.50 bits per heavy atom. The molecule has 0 spiro atoms. The molecular formula is C16H26N2O2. The molecule has 0 aromatic heterocycles. The van der Waals surface area contributed by atoms with Crippen LogP contribution in [0.2, 0.25) is 0 Å². The lowest BCUT2D eigenvalue weighted by Crippen LogP contribution is -2.46. The SMILES string of the molecule is CCN1CCOC(CN[C@H](C)c2cccc(OC)c2)C1. The Morgan fingerprint density at radius 2 is 2.35 bits per heavy atom. The topological polar surface area (TPSA) is 33.7 Å². The first-order valence-electron chi connectivity index (χ1n) is 7.44. The molecule has 0 amide bonds. The third kappa shape index (κ3) is 4.20. The van der Waals surface area contributed by atoms with Crippen molar-refractivity contribution >= 4 is 0 Å².